The summed E-state index contributed by atoms with van der Waals surface area (Å²) in [6, 6.07) is 1.25. The summed E-state index contributed by atoms with van der Waals surface area (Å²) < 4.78 is 26.5. The first kappa shape index (κ1) is 16.5. The molecule has 118 valence electrons. The molecule has 1 aliphatic rings. The number of hydrogen-bond donors (Lipinski definition) is 1. The molecular formula is C14H21NO4S2. The van der Waals surface area contributed by atoms with E-state index in [1.165, 1.54) is 15.8 Å². The summed E-state index contributed by atoms with van der Waals surface area (Å²) in [5.74, 6) is -0.575. The van der Waals surface area contributed by atoms with Gasteiger partial charge in [0.2, 0.25) is 10.0 Å². The minimum atomic E-state index is -3.56. The van der Waals surface area contributed by atoms with Crippen molar-refractivity contribution in [3.8, 4) is 0 Å². The van der Waals surface area contributed by atoms with Gasteiger partial charge >= 0.3 is 5.97 Å². The Labute approximate surface area is 129 Å². The highest BCUT2D eigenvalue weighted by atomic mass is 32.2. The van der Waals surface area contributed by atoms with Gasteiger partial charge in [-0.05, 0) is 30.2 Å². The van der Waals surface area contributed by atoms with Crippen LogP contribution in [0, 0.1) is 11.3 Å². The van der Waals surface area contributed by atoms with E-state index in [9.17, 15) is 13.2 Å². The normalized spacial score (nSPS) is 18.8. The fourth-order valence-electron chi connectivity index (χ4n) is 2.68. The fraction of sp³-hybridized carbons (Fsp3) is 0.643. The average Bonchev–Trinajstić information content (AvgIpc) is 2.88. The quantitative estimate of drug-likeness (QED) is 0.924. The van der Waals surface area contributed by atoms with Crippen LogP contribution in [0.3, 0.4) is 0 Å². The number of nitrogens with zero attached hydrogens (tertiary/aromatic N) is 1. The maximum Gasteiger partial charge on any atom is 0.345 e. The lowest BCUT2D eigenvalue weighted by molar-refractivity contribution is 0.0702. The lowest BCUT2D eigenvalue weighted by Gasteiger charge is -2.38. The Hall–Kier alpha value is -0.920. The number of aromatic carboxylic acids is 1. The molecule has 1 saturated heterocycles. The predicted octanol–water partition coefficient (Wildman–Crippen LogP) is 2.89. The van der Waals surface area contributed by atoms with Crippen molar-refractivity contribution >= 4 is 27.3 Å². The molecule has 0 aromatic carbocycles. The predicted molar refractivity (Wildman–Crippen MR) is 82.2 cm³/mol. The summed E-state index contributed by atoms with van der Waals surface area (Å²) in [6.07, 6.45) is 1.69. The van der Waals surface area contributed by atoms with Crippen LogP contribution in [0.2, 0.25) is 0 Å². The number of carboxylic acids is 1. The molecule has 2 rings (SSSR count). The SMILES string of the molecule is CC(C)(C)C1CCN(S(=O)(=O)c2csc(C(=O)O)c2)CC1. The summed E-state index contributed by atoms with van der Waals surface area (Å²) in [7, 11) is -3.56. The van der Waals surface area contributed by atoms with Crippen molar-refractivity contribution in [3.05, 3.63) is 16.3 Å². The smallest absolute Gasteiger partial charge is 0.345 e. The zero-order chi connectivity index (χ0) is 15.8. The maximum atomic E-state index is 12.5. The third-order valence-corrected chi connectivity index (χ3v) is 7.05. The monoisotopic (exact) mass is 331 g/mol. The van der Waals surface area contributed by atoms with Crippen molar-refractivity contribution in [1.82, 2.24) is 4.31 Å². The lowest BCUT2D eigenvalue weighted by Crippen LogP contribution is -2.41. The number of hydrogen-bond acceptors (Lipinski definition) is 4. The molecular weight excluding hydrogens is 310 g/mol. The molecule has 21 heavy (non-hydrogen) atoms. The van der Waals surface area contributed by atoms with Crippen LogP contribution in [-0.4, -0.2) is 36.9 Å². The van der Waals surface area contributed by atoms with Crippen molar-refractivity contribution in [2.45, 2.75) is 38.5 Å². The first-order valence-electron chi connectivity index (χ1n) is 6.94. The third-order valence-electron chi connectivity index (χ3n) is 4.10. The first-order chi connectivity index (χ1) is 9.62. The Morgan fingerprint density at radius 2 is 1.90 bits per heavy atom. The summed E-state index contributed by atoms with van der Waals surface area (Å²) in [4.78, 5) is 11.0. The molecule has 0 unspecified atom stereocenters. The van der Waals surface area contributed by atoms with E-state index in [-0.39, 0.29) is 15.2 Å². The highest BCUT2D eigenvalue weighted by Crippen LogP contribution is 2.36. The molecule has 0 radical (unpaired) electrons. The topological polar surface area (TPSA) is 74.7 Å². The lowest BCUT2D eigenvalue weighted by atomic mass is 9.76. The minimum Gasteiger partial charge on any atom is -0.477 e. The molecule has 1 fully saturated rings. The van der Waals surface area contributed by atoms with Crippen LogP contribution in [0.25, 0.3) is 0 Å². The van der Waals surface area contributed by atoms with Crippen LogP contribution >= 0.6 is 11.3 Å². The van der Waals surface area contributed by atoms with E-state index in [0.29, 0.717) is 19.0 Å². The Kier molecular flexibility index (Phi) is 4.46. The van der Waals surface area contributed by atoms with Crippen molar-refractivity contribution < 1.29 is 18.3 Å². The largest absolute Gasteiger partial charge is 0.477 e. The van der Waals surface area contributed by atoms with E-state index >= 15 is 0 Å². The second-order valence-electron chi connectivity index (χ2n) is 6.50. The standard InChI is InChI=1S/C14H21NO4S2/c1-14(2,3)10-4-6-15(7-5-10)21(18,19)11-8-12(13(16)17)20-9-11/h8-10H,4-7H2,1-3H3,(H,16,17). The summed E-state index contributed by atoms with van der Waals surface area (Å²) in [5, 5.41) is 10.3. The van der Waals surface area contributed by atoms with Crippen LogP contribution in [0.5, 0.6) is 0 Å². The number of piperidine rings is 1. The van der Waals surface area contributed by atoms with E-state index in [2.05, 4.69) is 20.8 Å². The molecule has 0 aliphatic carbocycles. The van der Waals surface area contributed by atoms with Crippen LogP contribution < -0.4 is 0 Å². The van der Waals surface area contributed by atoms with Gasteiger partial charge < -0.3 is 5.11 Å². The van der Waals surface area contributed by atoms with E-state index in [1.54, 1.807) is 0 Å². The van der Waals surface area contributed by atoms with Gasteiger partial charge in [0, 0.05) is 18.5 Å². The molecule has 1 aromatic rings. The van der Waals surface area contributed by atoms with Crippen molar-refractivity contribution in [2.75, 3.05) is 13.1 Å². The molecule has 0 bridgehead atoms. The van der Waals surface area contributed by atoms with E-state index in [1.807, 2.05) is 0 Å². The first-order valence-corrected chi connectivity index (χ1v) is 9.26. The summed E-state index contributed by atoms with van der Waals surface area (Å²) in [6.45, 7) is 7.55. The number of sulfonamides is 1. The van der Waals surface area contributed by atoms with Gasteiger partial charge in [-0.15, -0.1) is 11.3 Å². The van der Waals surface area contributed by atoms with Gasteiger partial charge in [0.05, 0.1) is 4.90 Å². The summed E-state index contributed by atoms with van der Waals surface area (Å²) >= 11 is 0.948. The second kappa shape index (κ2) is 5.70. The van der Waals surface area contributed by atoms with Crippen molar-refractivity contribution in [3.63, 3.8) is 0 Å². The number of carboxylic acid groups (broad SMARTS) is 1. The van der Waals surface area contributed by atoms with Gasteiger partial charge in [-0.3, -0.25) is 0 Å². The van der Waals surface area contributed by atoms with Gasteiger partial charge in [-0.25, -0.2) is 13.2 Å². The molecule has 5 nitrogen and oxygen atoms in total. The van der Waals surface area contributed by atoms with E-state index in [0.717, 1.165) is 24.2 Å². The van der Waals surface area contributed by atoms with Gasteiger partial charge in [0.15, 0.2) is 0 Å². The Morgan fingerprint density at radius 3 is 2.33 bits per heavy atom. The van der Waals surface area contributed by atoms with Gasteiger partial charge in [0.25, 0.3) is 0 Å². The Balaban J connectivity index is 2.13. The zero-order valence-electron chi connectivity index (χ0n) is 12.5. The van der Waals surface area contributed by atoms with Crippen LogP contribution in [-0.2, 0) is 10.0 Å². The van der Waals surface area contributed by atoms with E-state index in [4.69, 9.17) is 5.11 Å². The van der Waals surface area contributed by atoms with E-state index < -0.39 is 16.0 Å². The number of rotatable bonds is 3. The summed E-state index contributed by atoms with van der Waals surface area (Å²) in [5.41, 5.74) is 0.189. The number of carbonyl (C=O) groups is 1. The molecule has 1 aliphatic heterocycles. The molecule has 1 N–H and O–H groups in total. The van der Waals surface area contributed by atoms with Gasteiger partial charge in [0.1, 0.15) is 4.88 Å². The van der Waals surface area contributed by atoms with Gasteiger partial charge in [-0.2, -0.15) is 4.31 Å². The molecule has 0 spiro atoms. The second-order valence-corrected chi connectivity index (χ2v) is 9.35. The van der Waals surface area contributed by atoms with Crippen LogP contribution in [0.1, 0.15) is 43.3 Å². The highest BCUT2D eigenvalue weighted by molar-refractivity contribution is 7.89. The molecule has 1 aromatic heterocycles. The minimum absolute atomic E-state index is 0.0538. The molecule has 0 amide bonds. The Morgan fingerprint density at radius 1 is 1.33 bits per heavy atom. The number of thiophene rings is 1. The molecule has 7 heteroatoms. The maximum absolute atomic E-state index is 12.5. The third kappa shape index (κ3) is 3.46. The highest BCUT2D eigenvalue weighted by Gasteiger charge is 2.34. The Bertz CT molecular complexity index is 620. The zero-order valence-corrected chi connectivity index (χ0v) is 14.1. The molecule has 0 atom stereocenters. The van der Waals surface area contributed by atoms with Crippen LogP contribution in [0.4, 0.5) is 0 Å². The van der Waals surface area contributed by atoms with Crippen LogP contribution in [0.15, 0.2) is 16.3 Å². The molecule has 0 saturated carbocycles. The average molecular weight is 331 g/mol. The van der Waals surface area contributed by atoms with Crippen molar-refractivity contribution in [1.29, 1.82) is 0 Å². The fourth-order valence-corrected chi connectivity index (χ4v) is 5.25. The van der Waals surface area contributed by atoms with Gasteiger partial charge in [-0.1, -0.05) is 20.8 Å². The van der Waals surface area contributed by atoms with Crippen molar-refractivity contribution in [2.24, 2.45) is 11.3 Å². The molecule has 2 heterocycles.